The molecule has 0 spiro atoms. The molecule has 0 saturated heterocycles. The van der Waals surface area contributed by atoms with E-state index in [1.54, 1.807) is 24.3 Å². The third-order valence-corrected chi connectivity index (χ3v) is 6.35. The predicted octanol–water partition coefficient (Wildman–Crippen LogP) is 8.66. The first kappa shape index (κ1) is 25.9. The number of nitrogens with zero attached hydrogens (tertiary/aromatic N) is 1. The van der Waals surface area contributed by atoms with Crippen molar-refractivity contribution in [2.24, 2.45) is 7.05 Å². The van der Waals surface area contributed by atoms with Crippen LogP contribution in [0, 0.1) is 0 Å². The van der Waals surface area contributed by atoms with Gasteiger partial charge in [-0.3, -0.25) is 0 Å². The van der Waals surface area contributed by atoms with Gasteiger partial charge in [0.2, 0.25) is 0 Å². The van der Waals surface area contributed by atoms with E-state index in [-0.39, 0.29) is 12.2 Å². The summed E-state index contributed by atoms with van der Waals surface area (Å²) >= 11 is 18.6. The van der Waals surface area contributed by atoms with Crippen molar-refractivity contribution in [2.45, 2.75) is 12.7 Å². The van der Waals surface area contributed by atoms with E-state index < -0.39 is 17.8 Å². The molecule has 0 saturated carbocycles. The smallest absolute Gasteiger partial charge is 0.345 e. The van der Waals surface area contributed by atoms with Crippen molar-refractivity contribution in [2.75, 3.05) is 5.32 Å². The summed E-state index contributed by atoms with van der Waals surface area (Å²) in [6.07, 6.45) is -4.51. The Bertz CT molecular complexity index is 1420. The molecule has 0 bridgehead atoms. The molecule has 10 heteroatoms. The zero-order valence-corrected chi connectivity index (χ0v) is 21.0. The van der Waals surface area contributed by atoms with Crippen LogP contribution in [0.1, 0.15) is 11.3 Å². The molecule has 4 aromatic rings. The number of hydrogen-bond acceptors (Lipinski definition) is 1. The lowest BCUT2D eigenvalue weighted by Crippen LogP contribution is -2.29. The molecule has 36 heavy (non-hydrogen) atoms. The number of amides is 2. The fourth-order valence-electron chi connectivity index (χ4n) is 3.82. The van der Waals surface area contributed by atoms with Gasteiger partial charge < -0.3 is 15.2 Å². The highest BCUT2D eigenvalue weighted by Gasteiger charge is 2.30. The topological polar surface area (TPSA) is 46.1 Å². The number of halogens is 6. The Labute approximate surface area is 220 Å². The van der Waals surface area contributed by atoms with Crippen molar-refractivity contribution in [3.63, 3.8) is 0 Å². The Morgan fingerprint density at radius 1 is 0.889 bits per heavy atom. The predicted molar refractivity (Wildman–Crippen MR) is 139 cm³/mol. The van der Waals surface area contributed by atoms with Gasteiger partial charge in [-0.25, -0.2) is 4.79 Å². The van der Waals surface area contributed by atoms with Crippen LogP contribution in [0.4, 0.5) is 23.7 Å². The molecule has 0 fully saturated rings. The maximum Gasteiger partial charge on any atom is 0.416 e. The molecule has 0 aliphatic rings. The van der Waals surface area contributed by atoms with E-state index in [0.717, 1.165) is 40.2 Å². The Hall–Kier alpha value is -3.13. The van der Waals surface area contributed by atoms with Crippen molar-refractivity contribution in [1.82, 2.24) is 9.88 Å². The summed E-state index contributed by atoms with van der Waals surface area (Å²) in [5.41, 5.74) is 3.20. The van der Waals surface area contributed by atoms with E-state index in [1.807, 2.05) is 35.9 Å². The number of urea groups is 1. The van der Waals surface area contributed by atoms with Gasteiger partial charge >= 0.3 is 12.2 Å². The summed E-state index contributed by atoms with van der Waals surface area (Å²) in [7, 11) is 1.85. The highest BCUT2D eigenvalue weighted by Crippen LogP contribution is 2.39. The van der Waals surface area contributed by atoms with E-state index in [4.69, 9.17) is 34.8 Å². The van der Waals surface area contributed by atoms with Gasteiger partial charge in [0, 0.05) is 44.6 Å². The lowest BCUT2D eigenvalue weighted by atomic mass is 10.0. The van der Waals surface area contributed by atoms with Gasteiger partial charge in [-0.2, -0.15) is 13.2 Å². The highest BCUT2D eigenvalue weighted by molar-refractivity contribution is 6.36. The van der Waals surface area contributed by atoms with Crippen LogP contribution < -0.4 is 10.6 Å². The summed E-state index contributed by atoms with van der Waals surface area (Å²) in [5.74, 6) is 0. The molecule has 0 atom stereocenters. The Morgan fingerprint density at radius 2 is 1.58 bits per heavy atom. The molecule has 2 N–H and O–H groups in total. The molecular formula is C26H19Cl3F3N3O. The molecule has 2 amide bonds. The zero-order chi connectivity index (χ0) is 26.0. The van der Waals surface area contributed by atoms with Gasteiger partial charge in [0.05, 0.1) is 17.8 Å². The first-order valence-electron chi connectivity index (χ1n) is 10.6. The number of aromatic nitrogens is 1. The second kappa shape index (κ2) is 10.5. The van der Waals surface area contributed by atoms with Gasteiger partial charge in [0.15, 0.2) is 0 Å². The zero-order valence-electron chi connectivity index (χ0n) is 18.8. The largest absolute Gasteiger partial charge is 0.416 e. The molecule has 4 rings (SSSR count). The lowest BCUT2D eigenvalue weighted by Gasteiger charge is -2.12. The number of rotatable bonds is 5. The summed E-state index contributed by atoms with van der Waals surface area (Å²) < 4.78 is 40.8. The van der Waals surface area contributed by atoms with Crippen LogP contribution in [0.2, 0.25) is 15.1 Å². The maximum absolute atomic E-state index is 13.0. The first-order valence-corrected chi connectivity index (χ1v) is 11.8. The molecule has 3 aromatic carbocycles. The second-order valence-corrected chi connectivity index (χ2v) is 9.25. The van der Waals surface area contributed by atoms with E-state index in [9.17, 15) is 18.0 Å². The number of carbonyl (C=O) groups is 1. The third-order valence-electron chi connectivity index (χ3n) is 5.55. The standard InChI is InChI=1S/C26H19Cl3F3N3O/c1-35-20(14-33-25(36)34-19-4-2-3-16(11-19)26(30,31)32)13-22(21-10-9-18(28)12-23(21)29)24(35)15-5-7-17(27)8-6-15/h2-13H,14H2,1H3,(H2,33,34,36). The van der Waals surface area contributed by atoms with Crippen LogP contribution >= 0.6 is 34.8 Å². The highest BCUT2D eigenvalue weighted by atomic mass is 35.5. The number of benzene rings is 3. The quantitative estimate of drug-likeness (QED) is 0.256. The fraction of sp³-hybridized carbons (Fsp3) is 0.115. The number of anilines is 1. The second-order valence-electron chi connectivity index (χ2n) is 7.97. The minimum Gasteiger partial charge on any atom is -0.345 e. The van der Waals surface area contributed by atoms with Crippen LogP contribution in [-0.4, -0.2) is 10.6 Å². The summed E-state index contributed by atoms with van der Waals surface area (Å²) in [6.45, 7) is 0.104. The summed E-state index contributed by atoms with van der Waals surface area (Å²) in [6, 6.07) is 18.2. The molecule has 0 aliphatic heterocycles. The minimum atomic E-state index is -4.51. The van der Waals surface area contributed by atoms with E-state index in [0.29, 0.717) is 15.1 Å². The summed E-state index contributed by atoms with van der Waals surface area (Å²) in [4.78, 5) is 12.5. The molecule has 4 nitrogen and oxygen atoms in total. The van der Waals surface area contributed by atoms with E-state index in [2.05, 4.69) is 10.6 Å². The molecule has 1 heterocycles. The average molecular weight is 553 g/mol. The van der Waals surface area contributed by atoms with E-state index >= 15 is 0 Å². The van der Waals surface area contributed by atoms with Gasteiger partial charge in [-0.15, -0.1) is 0 Å². The van der Waals surface area contributed by atoms with Crippen LogP contribution in [-0.2, 0) is 19.8 Å². The molecular weight excluding hydrogens is 534 g/mol. The van der Waals surface area contributed by atoms with Gasteiger partial charge in [-0.05, 0) is 54.1 Å². The molecule has 1 aromatic heterocycles. The Kier molecular flexibility index (Phi) is 7.54. The number of nitrogens with one attached hydrogen (secondary N) is 2. The Balaban J connectivity index is 1.61. The first-order chi connectivity index (χ1) is 17.0. The molecule has 0 aliphatic carbocycles. The Morgan fingerprint density at radius 3 is 2.25 bits per heavy atom. The van der Waals surface area contributed by atoms with Gasteiger partial charge in [-0.1, -0.05) is 59.1 Å². The van der Waals surface area contributed by atoms with Crippen LogP contribution in [0.3, 0.4) is 0 Å². The molecule has 186 valence electrons. The molecule has 0 radical (unpaired) electrons. The van der Waals surface area contributed by atoms with Crippen LogP contribution in [0.5, 0.6) is 0 Å². The fourth-order valence-corrected chi connectivity index (χ4v) is 4.45. The van der Waals surface area contributed by atoms with Crippen molar-refractivity contribution in [3.8, 4) is 22.4 Å². The normalized spacial score (nSPS) is 11.4. The van der Waals surface area contributed by atoms with Crippen molar-refractivity contribution < 1.29 is 18.0 Å². The number of alkyl halides is 3. The van der Waals surface area contributed by atoms with Crippen LogP contribution in [0.25, 0.3) is 22.4 Å². The lowest BCUT2D eigenvalue weighted by molar-refractivity contribution is -0.137. The van der Waals surface area contributed by atoms with Gasteiger partial charge in [0.25, 0.3) is 0 Å². The average Bonchev–Trinajstić information content (AvgIpc) is 3.13. The van der Waals surface area contributed by atoms with Crippen LogP contribution in [0.15, 0.2) is 72.8 Å². The van der Waals surface area contributed by atoms with Crippen molar-refractivity contribution in [1.29, 1.82) is 0 Å². The van der Waals surface area contributed by atoms with Crippen molar-refractivity contribution >= 4 is 46.5 Å². The number of hydrogen-bond donors (Lipinski definition) is 2. The van der Waals surface area contributed by atoms with E-state index in [1.165, 1.54) is 12.1 Å². The molecule has 0 unspecified atom stereocenters. The SMILES string of the molecule is Cn1c(CNC(=O)Nc2cccc(C(F)(F)F)c2)cc(-c2ccc(Cl)cc2Cl)c1-c1ccc(Cl)cc1. The van der Waals surface area contributed by atoms with Crippen molar-refractivity contribution in [3.05, 3.63) is 99.1 Å². The maximum atomic E-state index is 13.0. The minimum absolute atomic E-state index is 0.0321. The monoisotopic (exact) mass is 551 g/mol. The number of carbonyl (C=O) groups excluding carboxylic acids is 1. The van der Waals surface area contributed by atoms with Gasteiger partial charge in [0.1, 0.15) is 0 Å². The third kappa shape index (κ3) is 5.81. The summed E-state index contributed by atoms with van der Waals surface area (Å²) in [5, 5.41) is 6.69.